The largest absolute Gasteiger partial charge is 0.379 e. The molecule has 0 unspecified atom stereocenters. The number of hydrogen-bond acceptors (Lipinski definition) is 5. The topological polar surface area (TPSA) is 75.7 Å². The molecule has 6 nitrogen and oxygen atoms in total. The molecule has 0 aromatic heterocycles. The molecule has 1 heterocycles. The molecule has 0 aliphatic carbocycles. The van der Waals surface area contributed by atoms with Crippen molar-refractivity contribution in [3.05, 3.63) is 58.6 Å². The Hall–Kier alpha value is -1.74. The molecule has 1 fully saturated rings. The predicted molar refractivity (Wildman–Crippen MR) is 103 cm³/mol. The van der Waals surface area contributed by atoms with E-state index in [1.807, 2.05) is 24.3 Å². The minimum atomic E-state index is -3.54. The molecule has 26 heavy (non-hydrogen) atoms. The van der Waals surface area contributed by atoms with Crippen LogP contribution in [-0.2, 0) is 14.8 Å². The fourth-order valence-corrected chi connectivity index (χ4v) is 4.44. The van der Waals surface area contributed by atoms with Crippen molar-refractivity contribution in [1.82, 2.24) is 4.31 Å². The Morgan fingerprint density at radius 3 is 2.46 bits per heavy atom. The second-order valence-corrected chi connectivity index (χ2v) is 8.68. The Morgan fingerprint density at radius 1 is 1.12 bits per heavy atom. The van der Waals surface area contributed by atoms with Crippen LogP contribution in [0.15, 0.2) is 57.9 Å². The van der Waals surface area contributed by atoms with E-state index in [0.29, 0.717) is 31.9 Å². The van der Waals surface area contributed by atoms with Crippen LogP contribution >= 0.6 is 15.9 Å². The van der Waals surface area contributed by atoms with Gasteiger partial charge in [-0.15, -0.1) is 0 Å². The predicted octanol–water partition coefficient (Wildman–Crippen LogP) is 2.76. The zero-order valence-electron chi connectivity index (χ0n) is 14.0. The Balaban J connectivity index is 1.65. The first-order valence-electron chi connectivity index (χ1n) is 8.17. The lowest BCUT2D eigenvalue weighted by molar-refractivity contribution is 0.0730. The number of morpholine rings is 1. The van der Waals surface area contributed by atoms with Gasteiger partial charge in [-0.2, -0.15) is 4.31 Å². The molecule has 0 saturated carbocycles. The number of ether oxygens (including phenoxy) is 1. The Kier molecular flexibility index (Phi) is 6.08. The lowest BCUT2D eigenvalue weighted by atomic mass is 10.1. The van der Waals surface area contributed by atoms with Gasteiger partial charge in [0.15, 0.2) is 5.78 Å². The van der Waals surface area contributed by atoms with Crippen LogP contribution in [0.2, 0.25) is 0 Å². The van der Waals surface area contributed by atoms with Gasteiger partial charge in [-0.25, -0.2) is 8.42 Å². The zero-order chi connectivity index (χ0) is 18.6. The van der Waals surface area contributed by atoms with Crippen LogP contribution in [0, 0.1) is 0 Å². The third-order valence-electron chi connectivity index (χ3n) is 4.06. The number of ketones is 1. The van der Waals surface area contributed by atoms with Gasteiger partial charge in [-0.3, -0.25) is 4.79 Å². The summed E-state index contributed by atoms with van der Waals surface area (Å²) >= 11 is 3.38. The first kappa shape index (κ1) is 19.0. The minimum Gasteiger partial charge on any atom is -0.379 e. The van der Waals surface area contributed by atoms with E-state index in [0.717, 1.165) is 10.2 Å². The summed E-state index contributed by atoms with van der Waals surface area (Å²) in [6, 6.07) is 13.6. The normalized spacial score (nSPS) is 15.6. The van der Waals surface area contributed by atoms with Crippen molar-refractivity contribution < 1.29 is 17.9 Å². The summed E-state index contributed by atoms with van der Waals surface area (Å²) < 4.78 is 32.7. The summed E-state index contributed by atoms with van der Waals surface area (Å²) in [5.74, 6) is -0.111. The number of benzene rings is 2. The Morgan fingerprint density at radius 2 is 1.81 bits per heavy atom. The number of sulfonamides is 1. The molecule has 0 bridgehead atoms. The summed E-state index contributed by atoms with van der Waals surface area (Å²) in [5.41, 5.74) is 1.30. The fraction of sp³-hybridized carbons (Fsp3) is 0.278. The number of carbonyl (C=O) groups is 1. The molecule has 2 aromatic rings. The quantitative estimate of drug-likeness (QED) is 0.701. The average Bonchev–Trinajstić information content (AvgIpc) is 2.67. The number of nitrogens with one attached hydrogen (secondary N) is 1. The number of halogens is 1. The first-order chi connectivity index (χ1) is 12.5. The summed E-state index contributed by atoms with van der Waals surface area (Å²) in [6.45, 7) is 1.62. The van der Waals surface area contributed by atoms with E-state index in [1.54, 1.807) is 12.1 Å². The van der Waals surface area contributed by atoms with Crippen LogP contribution < -0.4 is 5.32 Å². The average molecular weight is 439 g/mol. The van der Waals surface area contributed by atoms with Crippen LogP contribution in [0.1, 0.15) is 10.4 Å². The van der Waals surface area contributed by atoms with Gasteiger partial charge in [-0.05, 0) is 42.5 Å². The molecular formula is C18H19BrN2O4S. The molecule has 0 atom stereocenters. The van der Waals surface area contributed by atoms with E-state index in [2.05, 4.69) is 21.2 Å². The Bertz CT molecular complexity index is 878. The molecule has 0 radical (unpaired) electrons. The van der Waals surface area contributed by atoms with E-state index in [1.165, 1.54) is 16.4 Å². The van der Waals surface area contributed by atoms with Crippen molar-refractivity contribution in [1.29, 1.82) is 0 Å². The van der Waals surface area contributed by atoms with Gasteiger partial charge >= 0.3 is 0 Å². The zero-order valence-corrected chi connectivity index (χ0v) is 16.4. The number of hydrogen-bond donors (Lipinski definition) is 1. The molecular weight excluding hydrogens is 420 g/mol. The molecule has 0 amide bonds. The van der Waals surface area contributed by atoms with Crippen molar-refractivity contribution >= 4 is 37.4 Å². The standard InChI is InChI=1S/C18H19BrN2O4S/c19-15-2-1-3-16(12-15)20-13-18(22)14-4-6-17(7-5-14)26(23,24)21-8-10-25-11-9-21/h1-7,12,20H,8-11,13H2. The summed E-state index contributed by atoms with van der Waals surface area (Å²) in [4.78, 5) is 12.5. The van der Waals surface area contributed by atoms with Crippen molar-refractivity contribution in [2.75, 3.05) is 38.2 Å². The maximum Gasteiger partial charge on any atom is 0.243 e. The first-order valence-corrected chi connectivity index (χ1v) is 10.4. The van der Waals surface area contributed by atoms with Gasteiger partial charge < -0.3 is 10.1 Å². The highest BCUT2D eigenvalue weighted by Crippen LogP contribution is 2.19. The van der Waals surface area contributed by atoms with Gasteiger partial charge in [-0.1, -0.05) is 22.0 Å². The lowest BCUT2D eigenvalue weighted by Gasteiger charge is -2.26. The molecule has 1 aliphatic heterocycles. The van der Waals surface area contributed by atoms with Crippen LogP contribution in [0.25, 0.3) is 0 Å². The maximum atomic E-state index is 12.6. The maximum absolute atomic E-state index is 12.6. The third-order valence-corrected chi connectivity index (χ3v) is 6.47. The van der Waals surface area contributed by atoms with Crippen LogP contribution in [0.4, 0.5) is 5.69 Å². The Labute approximate surface area is 161 Å². The van der Waals surface area contributed by atoms with Crippen molar-refractivity contribution in [2.24, 2.45) is 0 Å². The number of rotatable bonds is 6. The molecule has 1 aliphatic rings. The highest BCUT2D eigenvalue weighted by Gasteiger charge is 2.26. The van der Waals surface area contributed by atoms with Crippen molar-refractivity contribution in [3.63, 3.8) is 0 Å². The number of nitrogens with zero attached hydrogens (tertiary/aromatic N) is 1. The van der Waals surface area contributed by atoms with Gasteiger partial charge in [0.05, 0.1) is 24.7 Å². The highest BCUT2D eigenvalue weighted by atomic mass is 79.9. The number of Topliss-reactive ketones (excluding diaryl/α,β-unsaturated/α-hetero) is 1. The van der Waals surface area contributed by atoms with Gasteiger partial charge in [0.2, 0.25) is 10.0 Å². The molecule has 2 aromatic carbocycles. The lowest BCUT2D eigenvalue weighted by Crippen LogP contribution is -2.40. The highest BCUT2D eigenvalue weighted by molar-refractivity contribution is 9.10. The van der Waals surface area contributed by atoms with Crippen molar-refractivity contribution in [2.45, 2.75) is 4.90 Å². The van der Waals surface area contributed by atoms with E-state index < -0.39 is 10.0 Å². The second-order valence-electron chi connectivity index (χ2n) is 5.83. The van der Waals surface area contributed by atoms with E-state index in [4.69, 9.17) is 4.74 Å². The van der Waals surface area contributed by atoms with Gasteiger partial charge in [0.1, 0.15) is 0 Å². The summed E-state index contributed by atoms with van der Waals surface area (Å²) in [6.07, 6.45) is 0. The third kappa shape index (κ3) is 4.50. The fourth-order valence-electron chi connectivity index (χ4n) is 2.63. The molecule has 8 heteroatoms. The summed E-state index contributed by atoms with van der Waals surface area (Å²) in [7, 11) is -3.54. The molecule has 138 valence electrons. The summed E-state index contributed by atoms with van der Waals surface area (Å²) in [5, 5.41) is 3.06. The second kappa shape index (κ2) is 8.30. The molecule has 1 saturated heterocycles. The van der Waals surface area contributed by atoms with E-state index >= 15 is 0 Å². The SMILES string of the molecule is O=C(CNc1cccc(Br)c1)c1ccc(S(=O)(=O)N2CCOCC2)cc1. The van der Waals surface area contributed by atoms with Gasteiger partial charge in [0, 0.05) is 28.8 Å². The number of carbonyl (C=O) groups excluding carboxylic acids is 1. The van der Waals surface area contributed by atoms with Crippen LogP contribution in [-0.4, -0.2) is 51.4 Å². The smallest absolute Gasteiger partial charge is 0.243 e. The monoisotopic (exact) mass is 438 g/mol. The van der Waals surface area contributed by atoms with E-state index in [-0.39, 0.29) is 17.2 Å². The molecule has 1 N–H and O–H groups in total. The van der Waals surface area contributed by atoms with Crippen LogP contribution in [0.3, 0.4) is 0 Å². The molecule has 3 rings (SSSR count). The van der Waals surface area contributed by atoms with E-state index in [9.17, 15) is 13.2 Å². The minimum absolute atomic E-state index is 0.111. The van der Waals surface area contributed by atoms with Crippen LogP contribution in [0.5, 0.6) is 0 Å². The van der Waals surface area contributed by atoms with Gasteiger partial charge in [0.25, 0.3) is 0 Å². The molecule has 0 spiro atoms. The number of anilines is 1. The van der Waals surface area contributed by atoms with Crippen molar-refractivity contribution in [3.8, 4) is 0 Å².